The average Bonchev–Trinajstić information content (AvgIpc) is 2.86. The van der Waals surface area contributed by atoms with Crippen LogP contribution in [0.2, 0.25) is 0 Å². The van der Waals surface area contributed by atoms with Crippen LogP contribution < -0.4 is 5.32 Å². The number of nitrogens with one attached hydrogen (secondary N) is 1. The highest BCUT2D eigenvalue weighted by molar-refractivity contribution is 5.93. The predicted molar refractivity (Wildman–Crippen MR) is 142 cm³/mol. The number of Topliss-reactive ketones (excluding diaryl/α,β-unsaturated/α-hetero) is 1. The minimum absolute atomic E-state index is 0.00895. The summed E-state index contributed by atoms with van der Waals surface area (Å²) in [5, 5.41) is 49.5. The summed E-state index contributed by atoms with van der Waals surface area (Å²) in [6.07, 6.45) is -4.86. The number of carbonyl (C=O) groups excluding carboxylic acids is 3. The van der Waals surface area contributed by atoms with E-state index in [1.165, 1.54) is 14.0 Å². The first-order valence-corrected chi connectivity index (χ1v) is 14.1. The Morgan fingerprint density at radius 3 is 2.38 bits per heavy atom. The zero-order valence-electron chi connectivity index (χ0n) is 24.7. The lowest BCUT2D eigenvalue weighted by Gasteiger charge is -2.68. The Balaban J connectivity index is 1.86. The number of aliphatic hydroxyl groups excluding tert-OH is 3. The van der Waals surface area contributed by atoms with Crippen molar-refractivity contribution in [3.8, 4) is 0 Å². The number of ketones is 1. The van der Waals surface area contributed by atoms with E-state index in [9.17, 15) is 34.8 Å². The van der Waals surface area contributed by atoms with Crippen LogP contribution in [0.25, 0.3) is 0 Å². The van der Waals surface area contributed by atoms with Crippen molar-refractivity contribution in [2.75, 3.05) is 13.7 Å². The Labute approximate surface area is 235 Å². The summed E-state index contributed by atoms with van der Waals surface area (Å²) in [6, 6.07) is -0.666. The number of esters is 1. The van der Waals surface area contributed by atoms with Crippen LogP contribution in [0.1, 0.15) is 67.7 Å². The van der Waals surface area contributed by atoms with E-state index in [1.807, 2.05) is 6.92 Å². The summed E-state index contributed by atoms with van der Waals surface area (Å²) in [5.74, 6) is -3.19. The summed E-state index contributed by atoms with van der Waals surface area (Å²) in [6.45, 7) is 11.7. The van der Waals surface area contributed by atoms with Crippen LogP contribution in [0, 0.1) is 28.6 Å². The highest BCUT2D eigenvalue weighted by Gasteiger charge is 2.75. The summed E-state index contributed by atoms with van der Waals surface area (Å²) in [7, 11) is 1.23. The van der Waals surface area contributed by atoms with E-state index in [2.05, 4.69) is 10.1 Å². The molecular formula is C29H45NO10. The molecule has 4 rings (SSSR count). The molecule has 0 aromatic carbocycles. The van der Waals surface area contributed by atoms with Gasteiger partial charge in [0.25, 0.3) is 0 Å². The number of hydrogen-bond acceptors (Lipinski definition) is 10. The fourth-order valence-electron chi connectivity index (χ4n) is 8.61. The third kappa shape index (κ3) is 4.14. The number of fused-ring (bicyclic) bond motifs is 5. The molecular weight excluding hydrogens is 522 g/mol. The Hall–Kier alpha value is -2.05. The topological polar surface area (TPSA) is 172 Å². The summed E-state index contributed by atoms with van der Waals surface area (Å²) >= 11 is 0. The Morgan fingerprint density at radius 2 is 1.85 bits per heavy atom. The molecule has 226 valence electrons. The van der Waals surface area contributed by atoms with Gasteiger partial charge in [0.05, 0.1) is 43.0 Å². The molecule has 2 saturated carbocycles. The smallest absolute Gasteiger partial charge is 0.407 e. The number of ether oxygens (including phenoxy) is 3. The van der Waals surface area contributed by atoms with Crippen molar-refractivity contribution in [1.82, 2.24) is 5.32 Å². The van der Waals surface area contributed by atoms with E-state index in [0.29, 0.717) is 11.1 Å². The quantitative estimate of drug-likeness (QED) is 0.240. The number of methoxy groups -OCH3 is 1. The van der Waals surface area contributed by atoms with E-state index in [0.717, 1.165) is 0 Å². The van der Waals surface area contributed by atoms with Gasteiger partial charge in [0.1, 0.15) is 12.2 Å². The maximum absolute atomic E-state index is 14.3. The first kappa shape index (κ1) is 30.9. The molecule has 0 aromatic heterocycles. The van der Waals surface area contributed by atoms with Crippen LogP contribution >= 0.6 is 0 Å². The van der Waals surface area contributed by atoms with Gasteiger partial charge in [0.15, 0.2) is 11.4 Å². The third-order valence-corrected chi connectivity index (χ3v) is 11.0. The van der Waals surface area contributed by atoms with Gasteiger partial charge in [0, 0.05) is 24.7 Å². The third-order valence-electron chi connectivity index (χ3n) is 11.0. The first-order chi connectivity index (χ1) is 18.4. The van der Waals surface area contributed by atoms with Crippen LogP contribution in [0.4, 0.5) is 4.79 Å². The molecule has 3 aliphatic carbocycles. The molecule has 11 atom stereocenters. The molecule has 0 aromatic rings. The molecule has 11 nitrogen and oxygen atoms in total. The minimum Gasteiger partial charge on any atom is -0.454 e. The minimum atomic E-state index is -1.64. The largest absolute Gasteiger partial charge is 0.454 e. The van der Waals surface area contributed by atoms with Crippen molar-refractivity contribution in [2.24, 2.45) is 28.6 Å². The number of allylic oxidation sites excluding steroid dienone is 1. The van der Waals surface area contributed by atoms with E-state index in [-0.39, 0.29) is 25.9 Å². The van der Waals surface area contributed by atoms with Gasteiger partial charge in [-0.25, -0.2) is 4.79 Å². The molecule has 1 aliphatic heterocycles. The molecule has 2 bridgehead atoms. The number of hydrogen-bond donors (Lipinski definition) is 5. The second-order valence-corrected chi connectivity index (χ2v) is 13.2. The van der Waals surface area contributed by atoms with Crippen molar-refractivity contribution in [3.05, 3.63) is 11.1 Å². The standard InChI is InChI=1S/C29H45NO10/c1-13-17(9-18(32)15(3)30-25(36)38-8)11-29(37)14(2)23-27(7,24(35)22(34)21(13)26(29,5)6)19(33)10-20-28(23,12-39-20)40-16(4)31/h14-15,17-20,22-23,32-34,37H,9-12H2,1-8H3,(H,30,36). The number of carbonyl (C=O) groups is 3. The summed E-state index contributed by atoms with van der Waals surface area (Å²) < 4.78 is 16.3. The van der Waals surface area contributed by atoms with Crippen LogP contribution in [0.5, 0.6) is 0 Å². The average molecular weight is 568 g/mol. The van der Waals surface area contributed by atoms with E-state index >= 15 is 0 Å². The normalized spacial score (nSPS) is 43.6. The van der Waals surface area contributed by atoms with Gasteiger partial charge in [-0.15, -0.1) is 0 Å². The second-order valence-electron chi connectivity index (χ2n) is 13.2. The predicted octanol–water partition coefficient (Wildman–Crippen LogP) is 1.24. The lowest BCUT2D eigenvalue weighted by Crippen LogP contribution is -2.79. The zero-order chi connectivity index (χ0) is 30.2. The molecule has 1 amide bonds. The van der Waals surface area contributed by atoms with Crippen LogP contribution in [-0.4, -0.2) is 93.6 Å². The van der Waals surface area contributed by atoms with Crippen LogP contribution in [0.3, 0.4) is 0 Å². The van der Waals surface area contributed by atoms with Crippen molar-refractivity contribution in [2.45, 2.75) is 109 Å². The summed E-state index contributed by atoms with van der Waals surface area (Å²) in [4.78, 5) is 38.4. The molecule has 11 unspecified atom stereocenters. The lowest BCUT2D eigenvalue weighted by molar-refractivity contribution is -0.338. The lowest BCUT2D eigenvalue weighted by atomic mass is 9.42. The van der Waals surface area contributed by atoms with Gasteiger partial charge in [-0.3, -0.25) is 9.59 Å². The highest BCUT2D eigenvalue weighted by atomic mass is 16.6. The first-order valence-electron chi connectivity index (χ1n) is 14.1. The van der Waals surface area contributed by atoms with Crippen molar-refractivity contribution < 1.29 is 49.0 Å². The van der Waals surface area contributed by atoms with Gasteiger partial charge in [-0.2, -0.15) is 0 Å². The molecule has 1 heterocycles. The van der Waals surface area contributed by atoms with E-state index in [1.54, 1.807) is 34.6 Å². The van der Waals surface area contributed by atoms with Gasteiger partial charge in [-0.1, -0.05) is 26.3 Å². The molecule has 1 saturated heterocycles. The summed E-state index contributed by atoms with van der Waals surface area (Å²) in [5.41, 5.74) is -4.41. The van der Waals surface area contributed by atoms with Crippen LogP contribution in [0.15, 0.2) is 11.1 Å². The van der Waals surface area contributed by atoms with E-state index < -0.39 is 88.1 Å². The SMILES string of the molecule is COC(=O)NC(C)C(O)CC1CC2(O)C(C)C3C4(OC(C)=O)COC4CC(O)C3(C)C(=O)C(O)C(=C1C)C2(C)C. The second kappa shape index (κ2) is 10.0. The number of aliphatic hydroxyl groups is 4. The Bertz CT molecular complexity index is 1100. The van der Waals surface area contributed by atoms with Gasteiger partial charge < -0.3 is 40.0 Å². The molecule has 0 radical (unpaired) electrons. The molecule has 0 spiro atoms. The molecule has 4 aliphatic rings. The van der Waals surface area contributed by atoms with Crippen molar-refractivity contribution in [3.63, 3.8) is 0 Å². The van der Waals surface area contributed by atoms with Crippen LogP contribution in [-0.2, 0) is 23.8 Å². The maximum Gasteiger partial charge on any atom is 0.407 e. The molecule has 11 heteroatoms. The zero-order valence-corrected chi connectivity index (χ0v) is 24.7. The van der Waals surface area contributed by atoms with Crippen molar-refractivity contribution >= 4 is 17.8 Å². The maximum atomic E-state index is 14.3. The van der Waals surface area contributed by atoms with E-state index in [4.69, 9.17) is 9.47 Å². The number of rotatable bonds is 5. The molecule has 5 N–H and O–H groups in total. The fourth-order valence-corrected chi connectivity index (χ4v) is 8.61. The number of amides is 1. The number of alkyl carbamates (subject to hydrolysis) is 1. The fraction of sp³-hybridized carbons (Fsp3) is 0.828. The van der Waals surface area contributed by atoms with Gasteiger partial charge in [-0.05, 0) is 51.0 Å². The highest BCUT2D eigenvalue weighted by Crippen LogP contribution is 2.65. The van der Waals surface area contributed by atoms with Gasteiger partial charge in [0.2, 0.25) is 0 Å². The monoisotopic (exact) mass is 567 g/mol. The van der Waals surface area contributed by atoms with Crippen molar-refractivity contribution in [1.29, 1.82) is 0 Å². The molecule has 40 heavy (non-hydrogen) atoms. The Morgan fingerprint density at radius 1 is 1.23 bits per heavy atom. The van der Waals surface area contributed by atoms with Gasteiger partial charge >= 0.3 is 12.1 Å². The Kier molecular flexibility index (Phi) is 7.76. The molecule has 3 fully saturated rings.